The highest BCUT2D eigenvalue weighted by Gasteiger charge is 2.10. The number of ketones is 1. The Morgan fingerprint density at radius 3 is 1.71 bits per heavy atom. The Morgan fingerprint density at radius 1 is 0.810 bits per heavy atom. The van der Waals surface area contributed by atoms with Crippen LogP contribution < -0.4 is 0 Å². The van der Waals surface area contributed by atoms with Gasteiger partial charge in [-0.1, -0.05) is 64.7 Å². The Morgan fingerprint density at radius 2 is 1.29 bits per heavy atom. The number of hydrogen-bond acceptors (Lipinski definition) is 3. The van der Waals surface area contributed by atoms with Gasteiger partial charge in [0.25, 0.3) is 0 Å². The van der Waals surface area contributed by atoms with Gasteiger partial charge in [0.05, 0.1) is 13.1 Å². The van der Waals surface area contributed by atoms with Gasteiger partial charge in [-0.2, -0.15) is 0 Å². The molecule has 124 valence electrons. The summed E-state index contributed by atoms with van der Waals surface area (Å²) in [4.78, 5) is 23.5. The van der Waals surface area contributed by atoms with Crippen molar-refractivity contribution in [1.29, 1.82) is 0 Å². The van der Waals surface area contributed by atoms with Crippen LogP contribution >= 0.6 is 0 Å². The van der Waals surface area contributed by atoms with E-state index in [1.165, 1.54) is 58.3 Å². The minimum Gasteiger partial charge on any atom is -0.480 e. The maximum atomic E-state index is 11.1. The van der Waals surface area contributed by atoms with Gasteiger partial charge in [-0.05, 0) is 19.9 Å². The molecule has 0 amide bonds. The monoisotopic (exact) mass is 299 g/mol. The zero-order valence-electron chi connectivity index (χ0n) is 13.9. The molecule has 0 rings (SSSR count). The number of nitrogens with zero attached hydrogens (tertiary/aromatic N) is 1. The third-order valence-electron chi connectivity index (χ3n) is 3.63. The van der Waals surface area contributed by atoms with E-state index >= 15 is 0 Å². The fourth-order valence-corrected chi connectivity index (χ4v) is 2.54. The second-order valence-corrected chi connectivity index (χ2v) is 5.99. The minimum absolute atomic E-state index is 0.0307. The summed E-state index contributed by atoms with van der Waals surface area (Å²) in [6, 6.07) is 0. The molecule has 0 atom stereocenters. The van der Waals surface area contributed by atoms with E-state index in [0.717, 1.165) is 12.8 Å². The number of carboxylic acids is 1. The largest absolute Gasteiger partial charge is 0.480 e. The van der Waals surface area contributed by atoms with Crippen LogP contribution in [0.25, 0.3) is 0 Å². The summed E-state index contributed by atoms with van der Waals surface area (Å²) in [5, 5.41) is 8.81. The normalized spacial score (nSPS) is 11.0. The predicted molar refractivity (Wildman–Crippen MR) is 86.6 cm³/mol. The molecule has 21 heavy (non-hydrogen) atoms. The molecular formula is C17H33NO3. The smallest absolute Gasteiger partial charge is 0.317 e. The first kappa shape index (κ1) is 20.1. The zero-order chi connectivity index (χ0) is 15.9. The first-order chi connectivity index (χ1) is 10.1. The lowest BCUT2D eigenvalue weighted by Gasteiger charge is -2.18. The Kier molecular flexibility index (Phi) is 13.5. The summed E-state index contributed by atoms with van der Waals surface area (Å²) < 4.78 is 0. The summed E-state index contributed by atoms with van der Waals surface area (Å²) in [6.07, 6.45) is 12.6. The van der Waals surface area contributed by atoms with Gasteiger partial charge in [0.15, 0.2) is 0 Å². The molecule has 0 bridgehead atoms. The van der Waals surface area contributed by atoms with Crippen molar-refractivity contribution in [3.8, 4) is 0 Å². The van der Waals surface area contributed by atoms with Gasteiger partial charge in [0.2, 0.25) is 0 Å². The van der Waals surface area contributed by atoms with Crippen LogP contribution in [0, 0.1) is 0 Å². The molecule has 4 heteroatoms. The van der Waals surface area contributed by atoms with E-state index in [4.69, 9.17) is 5.11 Å². The molecule has 0 aliphatic carbocycles. The summed E-state index contributed by atoms with van der Waals surface area (Å²) in [5.41, 5.74) is 0. The number of aliphatic carboxylic acids is 1. The van der Waals surface area contributed by atoms with Crippen molar-refractivity contribution in [3.05, 3.63) is 0 Å². The fourth-order valence-electron chi connectivity index (χ4n) is 2.54. The Hall–Kier alpha value is -0.900. The minimum atomic E-state index is -0.858. The molecule has 0 saturated heterocycles. The predicted octanol–water partition coefficient (Wildman–Crippen LogP) is 3.88. The molecular weight excluding hydrogens is 266 g/mol. The molecule has 0 aromatic heterocycles. The van der Waals surface area contributed by atoms with E-state index in [-0.39, 0.29) is 18.9 Å². The molecule has 0 heterocycles. The highest BCUT2D eigenvalue weighted by molar-refractivity contribution is 5.78. The van der Waals surface area contributed by atoms with Crippen molar-refractivity contribution in [1.82, 2.24) is 4.90 Å². The van der Waals surface area contributed by atoms with E-state index in [1.54, 1.807) is 4.90 Å². The van der Waals surface area contributed by atoms with Crippen molar-refractivity contribution in [2.45, 2.75) is 78.1 Å². The molecule has 0 aromatic rings. The fraction of sp³-hybridized carbons (Fsp3) is 0.882. The molecule has 0 aromatic carbocycles. The first-order valence-electron chi connectivity index (χ1n) is 8.49. The molecule has 0 saturated carbocycles. The first-order valence-corrected chi connectivity index (χ1v) is 8.49. The summed E-state index contributed by atoms with van der Waals surface area (Å²) in [6.45, 7) is 4.68. The topological polar surface area (TPSA) is 57.6 Å². The van der Waals surface area contributed by atoms with E-state index in [2.05, 4.69) is 6.92 Å². The molecule has 0 unspecified atom stereocenters. The lowest BCUT2D eigenvalue weighted by molar-refractivity contribution is -0.138. The van der Waals surface area contributed by atoms with Crippen LogP contribution in [0.2, 0.25) is 0 Å². The van der Waals surface area contributed by atoms with Crippen molar-refractivity contribution >= 4 is 11.8 Å². The second-order valence-electron chi connectivity index (χ2n) is 5.99. The van der Waals surface area contributed by atoms with E-state index in [9.17, 15) is 9.59 Å². The third-order valence-corrected chi connectivity index (χ3v) is 3.63. The SMILES string of the molecule is CCCCCCCCCCCCN(CC(C)=O)CC(=O)O. The van der Waals surface area contributed by atoms with Crippen molar-refractivity contribution in [2.75, 3.05) is 19.6 Å². The van der Waals surface area contributed by atoms with Crippen LogP contribution in [0.1, 0.15) is 78.1 Å². The van der Waals surface area contributed by atoms with Crippen LogP contribution in [-0.4, -0.2) is 41.4 Å². The summed E-state index contributed by atoms with van der Waals surface area (Å²) in [5.74, 6) is -0.827. The third kappa shape index (κ3) is 15.3. The van der Waals surface area contributed by atoms with Crippen LogP contribution in [0.3, 0.4) is 0 Å². The van der Waals surface area contributed by atoms with Crippen molar-refractivity contribution in [2.24, 2.45) is 0 Å². The number of hydrogen-bond donors (Lipinski definition) is 1. The van der Waals surface area contributed by atoms with Gasteiger partial charge in [-0.15, -0.1) is 0 Å². The van der Waals surface area contributed by atoms with Gasteiger partial charge in [-0.25, -0.2) is 0 Å². The number of Topliss-reactive ketones (excluding diaryl/α,β-unsaturated/α-hetero) is 1. The van der Waals surface area contributed by atoms with Gasteiger partial charge in [-0.3, -0.25) is 14.5 Å². The Balaban J connectivity index is 3.48. The van der Waals surface area contributed by atoms with Gasteiger partial charge in [0.1, 0.15) is 5.78 Å². The molecule has 0 radical (unpaired) electrons. The van der Waals surface area contributed by atoms with Crippen molar-refractivity contribution < 1.29 is 14.7 Å². The standard InChI is InChI=1S/C17H33NO3/c1-3-4-5-6-7-8-9-10-11-12-13-18(14-16(2)19)15-17(20)21/h3-15H2,1-2H3,(H,20,21). The number of rotatable bonds is 15. The van der Waals surface area contributed by atoms with Gasteiger partial charge in [0, 0.05) is 0 Å². The van der Waals surface area contributed by atoms with Crippen molar-refractivity contribution in [3.63, 3.8) is 0 Å². The molecule has 1 N–H and O–H groups in total. The highest BCUT2D eigenvalue weighted by Crippen LogP contribution is 2.10. The Labute approximate surface area is 129 Å². The molecule has 4 nitrogen and oxygen atoms in total. The van der Waals surface area contributed by atoms with Crippen LogP contribution in [-0.2, 0) is 9.59 Å². The molecule has 0 aliphatic heterocycles. The zero-order valence-corrected chi connectivity index (χ0v) is 13.9. The summed E-state index contributed by atoms with van der Waals surface area (Å²) >= 11 is 0. The maximum absolute atomic E-state index is 11.1. The highest BCUT2D eigenvalue weighted by atomic mass is 16.4. The number of carbonyl (C=O) groups is 2. The Bertz CT molecular complexity index is 263. The van der Waals surface area contributed by atoms with E-state index < -0.39 is 5.97 Å². The molecule has 0 spiro atoms. The molecule has 0 aliphatic rings. The maximum Gasteiger partial charge on any atom is 0.317 e. The number of carbonyl (C=O) groups excluding carboxylic acids is 1. The number of unbranched alkanes of at least 4 members (excludes halogenated alkanes) is 9. The van der Waals surface area contributed by atoms with E-state index in [0.29, 0.717) is 6.54 Å². The average molecular weight is 299 g/mol. The number of carboxylic acid groups (broad SMARTS) is 1. The lowest BCUT2D eigenvalue weighted by atomic mass is 10.1. The quantitative estimate of drug-likeness (QED) is 0.466. The lowest BCUT2D eigenvalue weighted by Crippen LogP contribution is -2.34. The van der Waals surface area contributed by atoms with Gasteiger partial charge < -0.3 is 5.11 Å². The van der Waals surface area contributed by atoms with Gasteiger partial charge >= 0.3 is 5.97 Å². The summed E-state index contributed by atoms with van der Waals surface area (Å²) in [7, 11) is 0. The van der Waals surface area contributed by atoms with E-state index in [1.807, 2.05) is 0 Å². The second kappa shape index (κ2) is 14.1. The molecule has 0 fully saturated rings. The van der Waals surface area contributed by atoms with Crippen LogP contribution in [0.5, 0.6) is 0 Å². The average Bonchev–Trinajstić information content (AvgIpc) is 2.39. The van der Waals surface area contributed by atoms with Crippen LogP contribution in [0.15, 0.2) is 0 Å². The van der Waals surface area contributed by atoms with Crippen LogP contribution in [0.4, 0.5) is 0 Å².